The highest BCUT2D eigenvalue weighted by Gasteiger charge is 2.69. The summed E-state index contributed by atoms with van der Waals surface area (Å²) < 4.78 is 34.9. The van der Waals surface area contributed by atoms with Crippen LogP contribution >= 0.6 is 0 Å². The first-order valence-electron chi connectivity index (χ1n) is 22.4. The molecule has 0 aromatic rings. The van der Waals surface area contributed by atoms with Gasteiger partial charge in [0.1, 0.15) is 43.2 Å². The monoisotopic (exact) mass is 864 g/mol. The van der Waals surface area contributed by atoms with Gasteiger partial charge in [0.2, 0.25) is 0 Å². The zero-order valence-electron chi connectivity index (χ0n) is 37.4. The van der Waals surface area contributed by atoms with Crippen molar-refractivity contribution in [3.63, 3.8) is 0 Å². The molecule has 15 heteroatoms. The Morgan fingerprint density at radius 1 is 0.787 bits per heavy atom. The van der Waals surface area contributed by atoms with Crippen molar-refractivity contribution in [2.45, 2.75) is 187 Å². The predicted molar refractivity (Wildman–Crippen MR) is 218 cm³/mol. The number of fused-ring (bicyclic) bond motifs is 6. The fourth-order valence-corrected chi connectivity index (χ4v) is 13.5. The van der Waals surface area contributed by atoms with Crippen LogP contribution in [0.3, 0.4) is 0 Å². The summed E-state index contributed by atoms with van der Waals surface area (Å²) in [6, 6.07) is 0. The molecule has 0 bridgehead atoms. The number of hydrogen-bond donors (Lipinski definition) is 7. The van der Waals surface area contributed by atoms with Gasteiger partial charge in [-0.05, 0) is 91.9 Å². The van der Waals surface area contributed by atoms with Gasteiger partial charge < -0.3 is 64.2 Å². The molecule has 0 amide bonds. The summed E-state index contributed by atoms with van der Waals surface area (Å²) in [6.07, 6.45) is -5.17. The van der Waals surface area contributed by atoms with Crippen LogP contribution in [0.5, 0.6) is 0 Å². The van der Waals surface area contributed by atoms with Crippen LogP contribution in [0.25, 0.3) is 0 Å². The van der Waals surface area contributed by atoms with Gasteiger partial charge in [-0.1, -0.05) is 59.3 Å². The number of ether oxygens (including phenoxy) is 6. The standard InChI is InChI=1S/C46H72O15/c1-23-33(52)37(61-40-36(55)38(58-25(3)50)34(53)28(59-40)20-56-24(2)49)35(54)39(57-23)60-32-13-14-42(6)29(43(32,7)21-47)12-15-44(8)30(42)11-10-26-27-18-41(4,5)16-17-46(27,22-48)31(51)19-45(26,44)9/h10-11,23,28-40,47-48,51-55H,12-22H2,1-9H3/t23-,28-,29?,30?,31-,32+,33+,34-,35-,36-,37+,38+,39+,40+,42+,43+,44-,45-,46?/m1/s1. The van der Waals surface area contributed by atoms with Crippen molar-refractivity contribution >= 4 is 11.9 Å². The third kappa shape index (κ3) is 7.47. The van der Waals surface area contributed by atoms with Crippen molar-refractivity contribution in [2.75, 3.05) is 19.8 Å². The topological polar surface area (TPSA) is 231 Å². The maximum Gasteiger partial charge on any atom is 0.303 e. The van der Waals surface area contributed by atoms with E-state index in [9.17, 15) is 45.3 Å². The second kappa shape index (κ2) is 16.4. The molecule has 0 aromatic carbocycles. The molecule has 19 atom stereocenters. The summed E-state index contributed by atoms with van der Waals surface area (Å²) in [6.45, 7) is 16.8. The van der Waals surface area contributed by atoms with E-state index in [4.69, 9.17) is 28.4 Å². The van der Waals surface area contributed by atoms with Crippen molar-refractivity contribution in [1.82, 2.24) is 0 Å². The number of aliphatic hydroxyl groups is 7. The molecule has 7 N–H and O–H groups in total. The second-order valence-corrected chi connectivity index (χ2v) is 21.5. The van der Waals surface area contributed by atoms with Gasteiger partial charge >= 0.3 is 11.9 Å². The average Bonchev–Trinajstić information content (AvgIpc) is 3.18. The Morgan fingerprint density at radius 3 is 2.10 bits per heavy atom. The lowest BCUT2D eigenvalue weighted by molar-refractivity contribution is -0.367. The first-order chi connectivity index (χ1) is 28.4. The fraction of sp³-hybridized carbons (Fsp3) is 0.870. The summed E-state index contributed by atoms with van der Waals surface area (Å²) in [4.78, 5) is 23.5. The highest BCUT2D eigenvalue weighted by atomic mass is 16.7. The number of esters is 2. The molecular formula is C46H72O15. The lowest BCUT2D eigenvalue weighted by atomic mass is 9.35. The minimum atomic E-state index is -1.76. The van der Waals surface area contributed by atoms with E-state index in [1.807, 2.05) is 6.92 Å². The van der Waals surface area contributed by atoms with Gasteiger partial charge in [0, 0.05) is 30.1 Å². The molecule has 5 fully saturated rings. The Bertz CT molecular complexity index is 1730. The third-order valence-corrected chi connectivity index (χ3v) is 17.4. The van der Waals surface area contributed by atoms with Crippen molar-refractivity contribution in [3.05, 3.63) is 23.3 Å². The Hall–Kier alpha value is -2.02. The molecule has 0 aromatic heterocycles. The van der Waals surface area contributed by atoms with E-state index in [1.54, 1.807) is 6.92 Å². The Morgan fingerprint density at radius 2 is 1.46 bits per heavy atom. The Kier molecular flexibility index (Phi) is 12.7. The molecule has 15 nitrogen and oxygen atoms in total. The molecule has 2 aliphatic heterocycles. The Labute approximate surface area is 359 Å². The quantitative estimate of drug-likeness (QED) is 0.131. The van der Waals surface area contributed by atoms with E-state index in [-0.39, 0.29) is 46.7 Å². The van der Waals surface area contributed by atoms with Crippen molar-refractivity contribution < 1.29 is 73.8 Å². The van der Waals surface area contributed by atoms with Crippen LogP contribution in [-0.4, -0.2) is 141 Å². The SMILES string of the molecule is CC(=O)OC[C@H]1O[C@@H](O[C@H]2[C@@H](O)[C@@H](C)O[C@@H](O[C@H]3CC[C@@]4(C)C(CC[C@]5(C)C4C=CC4=C6CC(C)(C)CCC6(CO)[C@H](O)C[C@]45C)[C@]3(C)CO)[C@@H]2O)[C@H](O)[C@@H](OC(C)=O)[C@@H]1O. The lowest BCUT2D eigenvalue weighted by Gasteiger charge is -2.70. The summed E-state index contributed by atoms with van der Waals surface area (Å²) in [5.41, 5.74) is 0.301. The van der Waals surface area contributed by atoms with Gasteiger partial charge in [0.25, 0.3) is 0 Å². The molecular weight excluding hydrogens is 792 g/mol. The van der Waals surface area contributed by atoms with Crippen LogP contribution in [0.15, 0.2) is 23.3 Å². The molecule has 7 aliphatic rings. The molecule has 0 spiro atoms. The molecule has 7 rings (SSSR count). The van der Waals surface area contributed by atoms with E-state index >= 15 is 0 Å². The lowest BCUT2D eigenvalue weighted by Crippen LogP contribution is -2.67. The molecule has 346 valence electrons. The van der Waals surface area contributed by atoms with E-state index in [0.717, 1.165) is 45.4 Å². The van der Waals surface area contributed by atoms with Gasteiger partial charge in [-0.2, -0.15) is 0 Å². The van der Waals surface area contributed by atoms with E-state index in [1.165, 1.54) is 18.1 Å². The van der Waals surface area contributed by atoms with Crippen molar-refractivity contribution in [3.8, 4) is 0 Å². The van der Waals surface area contributed by atoms with Crippen molar-refractivity contribution in [2.24, 2.45) is 44.3 Å². The molecule has 2 saturated heterocycles. The molecule has 3 saturated carbocycles. The van der Waals surface area contributed by atoms with Gasteiger partial charge in [0.05, 0.1) is 31.5 Å². The van der Waals surface area contributed by atoms with Crippen LogP contribution in [0.4, 0.5) is 0 Å². The van der Waals surface area contributed by atoms with Crippen LogP contribution in [0.2, 0.25) is 0 Å². The Balaban J connectivity index is 1.13. The van der Waals surface area contributed by atoms with Crippen LogP contribution in [-0.2, 0) is 38.0 Å². The van der Waals surface area contributed by atoms with Crippen LogP contribution in [0.1, 0.15) is 114 Å². The smallest absolute Gasteiger partial charge is 0.303 e. The zero-order valence-corrected chi connectivity index (χ0v) is 37.4. The highest BCUT2D eigenvalue weighted by molar-refractivity contribution is 5.66. The zero-order chi connectivity index (χ0) is 44.8. The van der Waals surface area contributed by atoms with E-state index < -0.39 is 103 Å². The van der Waals surface area contributed by atoms with Crippen molar-refractivity contribution in [1.29, 1.82) is 0 Å². The predicted octanol–water partition coefficient (Wildman–Crippen LogP) is 2.82. The maximum absolute atomic E-state index is 12.0. The number of allylic oxidation sites excluding steroid dienone is 3. The molecule has 61 heavy (non-hydrogen) atoms. The molecule has 3 unspecified atom stereocenters. The van der Waals surface area contributed by atoms with Gasteiger partial charge in [-0.3, -0.25) is 9.59 Å². The normalized spacial score (nSPS) is 50.4. The number of carbonyl (C=O) groups is 2. The first kappa shape index (κ1) is 47.0. The summed E-state index contributed by atoms with van der Waals surface area (Å²) in [5.74, 6) is -1.37. The summed E-state index contributed by atoms with van der Waals surface area (Å²) in [7, 11) is 0. The van der Waals surface area contributed by atoms with Gasteiger partial charge in [-0.15, -0.1) is 0 Å². The number of carbonyl (C=O) groups excluding carboxylic acids is 2. The average molecular weight is 865 g/mol. The molecule has 5 aliphatic carbocycles. The largest absolute Gasteiger partial charge is 0.463 e. The van der Waals surface area contributed by atoms with Crippen LogP contribution < -0.4 is 0 Å². The second-order valence-electron chi connectivity index (χ2n) is 21.5. The van der Waals surface area contributed by atoms with E-state index in [2.05, 4.69) is 46.8 Å². The third-order valence-electron chi connectivity index (χ3n) is 17.4. The molecule has 0 radical (unpaired) electrons. The maximum atomic E-state index is 12.0. The first-order valence-corrected chi connectivity index (χ1v) is 22.4. The summed E-state index contributed by atoms with van der Waals surface area (Å²) in [5, 5.41) is 79.4. The number of rotatable bonds is 9. The van der Waals surface area contributed by atoms with E-state index in [0.29, 0.717) is 12.8 Å². The van der Waals surface area contributed by atoms with Gasteiger partial charge in [-0.25, -0.2) is 0 Å². The minimum Gasteiger partial charge on any atom is -0.463 e. The fourth-order valence-electron chi connectivity index (χ4n) is 13.5. The van der Waals surface area contributed by atoms with Crippen LogP contribution in [0, 0.1) is 44.3 Å². The highest BCUT2D eigenvalue weighted by Crippen LogP contribution is 2.74. The number of hydrogen-bond acceptors (Lipinski definition) is 15. The minimum absolute atomic E-state index is 0.0108. The number of aliphatic hydroxyl groups excluding tert-OH is 7. The molecule has 2 heterocycles. The van der Waals surface area contributed by atoms with Gasteiger partial charge in [0.15, 0.2) is 18.7 Å². The summed E-state index contributed by atoms with van der Waals surface area (Å²) >= 11 is 0.